The van der Waals surface area contributed by atoms with Gasteiger partial charge < -0.3 is 15.4 Å². The number of anilines is 1. The first-order chi connectivity index (χ1) is 10.3. The van der Waals surface area contributed by atoms with E-state index >= 15 is 0 Å². The van der Waals surface area contributed by atoms with Gasteiger partial charge >= 0.3 is 0 Å². The van der Waals surface area contributed by atoms with Gasteiger partial charge in [0.05, 0.1) is 0 Å². The minimum atomic E-state index is 0.498. The monoisotopic (exact) mass is 299 g/mol. The van der Waals surface area contributed by atoms with Gasteiger partial charge in [0.25, 0.3) is 0 Å². The second kappa shape index (κ2) is 8.01. The first kappa shape index (κ1) is 15.0. The minimum absolute atomic E-state index is 0.498. The van der Waals surface area contributed by atoms with Crippen LogP contribution in [0.1, 0.15) is 5.56 Å². The lowest BCUT2D eigenvalue weighted by Gasteiger charge is -2.11. The van der Waals surface area contributed by atoms with E-state index in [1.165, 1.54) is 0 Å². The molecule has 0 aliphatic heterocycles. The van der Waals surface area contributed by atoms with Crippen molar-refractivity contribution in [1.82, 2.24) is 10.3 Å². The molecule has 0 radical (unpaired) electrons. The van der Waals surface area contributed by atoms with Gasteiger partial charge in [0.15, 0.2) is 5.11 Å². The number of thiocarbonyl (C=S) groups is 1. The van der Waals surface area contributed by atoms with Crippen LogP contribution >= 0.6 is 12.2 Å². The second-order valence-corrected chi connectivity index (χ2v) is 4.70. The van der Waals surface area contributed by atoms with Crippen molar-refractivity contribution in [2.24, 2.45) is 0 Å². The Bertz CT molecular complexity index is 584. The van der Waals surface area contributed by atoms with Crippen molar-refractivity contribution >= 4 is 23.0 Å². The predicted octanol–water partition coefficient (Wildman–Crippen LogP) is 3.13. The maximum absolute atomic E-state index is 5.42. The number of nitrogens with one attached hydrogen (secondary N) is 2. The number of nitrogens with zero attached hydrogens (tertiary/aromatic N) is 1. The van der Waals surface area contributed by atoms with E-state index in [0.29, 0.717) is 18.3 Å². The molecule has 0 saturated heterocycles. The predicted molar refractivity (Wildman–Crippen MR) is 89.4 cm³/mol. The van der Waals surface area contributed by atoms with Crippen molar-refractivity contribution in [2.45, 2.75) is 6.54 Å². The minimum Gasteiger partial charge on any atom is -0.490 e. The molecule has 21 heavy (non-hydrogen) atoms. The van der Waals surface area contributed by atoms with Crippen molar-refractivity contribution in [2.75, 3.05) is 11.9 Å². The van der Waals surface area contributed by atoms with Crippen molar-refractivity contribution in [3.05, 3.63) is 67.0 Å². The smallest absolute Gasteiger partial charge is 0.171 e. The molecule has 0 aliphatic rings. The fraction of sp³-hybridized carbons (Fsp3) is 0.125. The Balaban J connectivity index is 1.80. The number of ether oxygens (including phenoxy) is 1. The molecule has 0 atom stereocenters. The van der Waals surface area contributed by atoms with Gasteiger partial charge in [-0.15, -0.1) is 0 Å². The Labute approximate surface area is 129 Å². The average molecular weight is 299 g/mol. The third kappa shape index (κ3) is 5.24. The molecule has 2 N–H and O–H groups in total. The van der Waals surface area contributed by atoms with Crippen molar-refractivity contribution in [3.8, 4) is 5.75 Å². The fourth-order valence-corrected chi connectivity index (χ4v) is 1.84. The fourth-order valence-electron chi connectivity index (χ4n) is 1.65. The molecule has 1 aromatic carbocycles. The highest BCUT2D eigenvalue weighted by Crippen LogP contribution is 2.15. The summed E-state index contributed by atoms with van der Waals surface area (Å²) in [5.41, 5.74) is 1.99. The Morgan fingerprint density at radius 3 is 2.76 bits per heavy atom. The summed E-state index contributed by atoms with van der Waals surface area (Å²) in [6, 6.07) is 11.5. The molecule has 0 fully saturated rings. The number of hydrogen-bond acceptors (Lipinski definition) is 3. The van der Waals surface area contributed by atoms with Gasteiger partial charge in [0.1, 0.15) is 12.4 Å². The lowest BCUT2D eigenvalue weighted by Crippen LogP contribution is -2.27. The third-order valence-electron chi connectivity index (χ3n) is 2.66. The molecule has 0 saturated carbocycles. The van der Waals surface area contributed by atoms with E-state index in [0.717, 1.165) is 17.0 Å². The van der Waals surface area contributed by atoms with E-state index in [-0.39, 0.29) is 0 Å². The quantitative estimate of drug-likeness (QED) is 0.634. The van der Waals surface area contributed by atoms with E-state index < -0.39 is 0 Å². The summed E-state index contributed by atoms with van der Waals surface area (Å²) in [4.78, 5) is 4.06. The summed E-state index contributed by atoms with van der Waals surface area (Å²) >= 11 is 5.25. The normalized spacial score (nSPS) is 9.71. The van der Waals surface area contributed by atoms with Crippen LogP contribution in [0.5, 0.6) is 5.75 Å². The first-order valence-electron chi connectivity index (χ1n) is 6.55. The number of benzene rings is 1. The molecule has 1 aromatic heterocycles. The number of pyridine rings is 1. The van der Waals surface area contributed by atoms with E-state index in [1.807, 2.05) is 36.4 Å². The van der Waals surface area contributed by atoms with Crippen molar-refractivity contribution in [1.29, 1.82) is 0 Å². The first-order valence-corrected chi connectivity index (χ1v) is 6.96. The molecule has 2 aromatic rings. The van der Waals surface area contributed by atoms with Gasteiger partial charge in [-0.2, -0.15) is 0 Å². The molecule has 0 unspecified atom stereocenters. The van der Waals surface area contributed by atoms with E-state index in [4.69, 9.17) is 17.0 Å². The Morgan fingerprint density at radius 2 is 2.10 bits per heavy atom. The summed E-state index contributed by atoms with van der Waals surface area (Å²) in [5.74, 6) is 0.801. The molecule has 4 nitrogen and oxygen atoms in total. The Hall–Kier alpha value is -2.40. The summed E-state index contributed by atoms with van der Waals surface area (Å²) in [6.07, 6.45) is 5.26. The summed E-state index contributed by atoms with van der Waals surface area (Å²) in [6.45, 7) is 4.75. The van der Waals surface area contributed by atoms with Crippen LogP contribution in [0.3, 0.4) is 0 Å². The van der Waals surface area contributed by atoms with E-state index in [9.17, 15) is 0 Å². The molecule has 0 bridgehead atoms. The van der Waals surface area contributed by atoms with Crippen LogP contribution in [0, 0.1) is 0 Å². The second-order valence-electron chi connectivity index (χ2n) is 4.29. The lowest BCUT2D eigenvalue weighted by atomic mass is 10.3. The zero-order valence-corrected chi connectivity index (χ0v) is 12.4. The van der Waals surface area contributed by atoms with Gasteiger partial charge in [-0.3, -0.25) is 4.98 Å². The number of aromatic nitrogens is 1. The lowest BCUT2D eigenvalue weighted by molar-refractivity contribution is 0.363. The van der Waals surface area contributed by atoms with Crippen LogP contribution in [-0.2, 0) is 6.54 Å². The van der Waals surface area contributed by atoms with Crippen LogP contribution < -0.4 is 15.4 Å². The summed E-state index contributed by atoms with van der Waals surface area (Å²) < 4.78 is 5.42. The van der Waals surface area contributed by atoms with Crippen molar-refractivity contribution in [3.63, 3.8) is 0 Å². The average Bonchev–Trinajstić information content (AvgIpc) is 2.53. The van der Waals surface area contributed by atoms with Gasteiger partial charge in [0.2, 0.25) is 0 Å². The molecule has 0 amide bonds. The highest BCUT2D eigenvalue weighted by molar-refractivity contribution is 7.80. The number of rotatable bonds is 6. The van der Waals surface area contributed by atoms with Crippen LogP contribution in [0.4, 0.5) is 5.69 Å². The molecule has 5 heteroatoms. The molecule has 2 rings (SSSR count). The van der Waals surface area contributed by atoms with Gasteiger partial charge in [-0.1, -0.05) is 18.7 Å². The van der Waals surface area contributed by atoms with Crippen LogP contribution in [0.25, 0.3) is 0 Å². The standard InChI is InChI=1S/C16H17N3OS/c1-2-10-20-15-7-5-14(6-8-15)19-16(21)18-12-13-4-3-9-17-11-13/h2-9,11H,1,10,12H2,(H2,18,19,21). The maximum Gasteiger partial charge on any atom is 0.171 e. The van der Waals surface area contributed by atoms with E-state index in [2.05, 4.69) is 22.2 Å². The van der Waals surface area contributed by atoms with Crippen molar-refractivity contribution < 1.29 is 4.74 Å². The Morgan fingerprint density at radius 1 is 1.29 bits per heavy atom. The highest BCUT2D eigenvalue weighted by Gasteiger charge is 1.99. The van der Waals surface area contributed by atoms with Gasteiger partial charge in [-0.25, -0.2) is 0 Å². The zero-order valence-electron chi connectivity index (χ0n) is 11.6. The summed E-state index contributed by atoms with van der Waals surface area (Å²) in [5, 5.41) is 6.82. The maximum atomic E-state index is 5.42. The van der Waals surface area contributed by atoms with Gasteiger partial charge in [-0.05, 0) is 48.1 Å². The molecule has 1 heterocycles. The van der Waals surface area contributed by atoms with Crippen LogP contribution in [0.15, 0.2) is 61.4 Å². The SMILES string of the molecule is C=CCOc1ccc(NC(=S)NCc2cccnc2)cc1. The largest absolute Gasteiger partial charge is 0.490 e. The number of hydrogen-bond donors (Lipinski definition) is 2. The van der Waals surface area contributed by atoms with Crippen LogP contribution in [0.2, 0.25) is 0 Å². The Kier molecular flexibility index (Phi) is 5.72. The molecular formula is C16H17N3OS. The summed E-state index contributed by atoms with van der Waals surface area (Å²) in [7, 11) is 0. The molecule has 0 aliphatic carbocycles. The topological polar surface area (TPSA) is 46.2 Å². The molecule has 0 spiro atoms. The third-order valence-corrected chi connectivity index (χ3v) is 2.90. The molecular weight excluding hydrogens is 282 g/mol. The highest BCUT2D eigenvalue weighted by atomic mass is 32.1. The van der Waals surface area contributed by atoms with E-state index in [1.54, 1.807) is 18.5 Å². The molecule has 108 valence electrons. The van der Waals surface area contributed by atoms with Gasteiger partial charge in [0, 0.05) is 24.6 Å². The zero-order chi connectivity index (χ0) is 14.9. The van der Waals surface area contributed by atoms with Crippen LogP contribution in [-0.4, -0.2) is 16.7 Å².